The van der Waals surface area contributed by atoms with Crippen LogP contribution in [0, 0.1) is 11.3 Å². The summed E-state index contributed by atoms with van der Waals surface area (Å²) in [4.78, 5) is 11.9. The summed E-state index contributed by atoms with van der Waals surface area (Å²) >= 11 is 0. The lowest BCUT2D eigenvalue weighted by molar-refractivity contribution is -0.192. The Bertz CT molecular complexity index is 881. The molecular weight excluding hydrogens is 461 g/mol. The van der Waals surface area contributed by atoms with Crippen LogP contribution in [0.4, 0.5) is 13.2 Å². The van der Waals surface area contributed by atoms with E-state index in [0.717, 1.165) is 57.9 Å². The van der Waals surface area contributed by atoms with Gasteiger partial charge in [0, 0.05) is 25.8 Å². The summed E-state index contributed by atoms with van der Waals surface area (Å²) in [5.41, 5.74) is 0.175. The first kappa shape index (κ1) is 25.9. The van der Waals surface area contributed by atoms with Gasteiger partial charge in [-0.1, -0.05) is 18.2 Å². The standard InChI is InChI=1S/C20H30N2O3S.C2HF3O2/c23-26(24,18-4-2-1-3-5-18)21-19-6-9-20(19)10-12-22(13-11-20)16-17-7-14-25-15-8-17;3-2(4,5)1(6)7/h1-5,17,19,21H,6-16H2;(H,6,7). The number of sulfonamides is 1. The molecule has 1 aromatic rings. The van der Waals surface area contributed by atoms with Crippen molar-refractivity contribution >= 4 is 16.0 Å². The molecule has 1 aliphatic carbocycles. The van der Waals surface area contributed by atoms with E-state index in [1.807, 2.05) is 6.07 Å². The van der Waals surface area contributed by atoms with Crippen molar-refractivity contribution in [3.05, 3.63) is 30.3 Å². The fraction of sp³-hybridized carbons (Fsp3) is 0.682. The number of carbonyl (C=O) groups is 1. The molecule has 0 radical (unpaired) electrons. The Kier molecular flexibility index (Phi) is 8.41. The number of nitrogens with zero attached hydrogens (tertiary/aromatic N) is 1. The Morgan fingerprint density at radius 1 is 1.09 bits per heavy atom. The first-order chi connectivity index (χ1) is 15.5. The molecule has 1 saturated carbocycles. The van der Waals surface area contributed by atoms with E-state index in [-0.39, 0.29) is 11.5 Å². The van der Waals surface area contributed by atoms with E-state index in [1.165, 1.54) is 19.4 Å². The van der Waals surface area contributed by atoms with Gasteiger partial charge in [0.05, 0.1) is 4.90 Å². The minimum atomic E-state index is -5.08. The summed E-state index contributed by atoms with van der Waals surface area (Å²) in [5, 5.41) is 7.12. The third kappa shape index (κ3) is 6.91. The molecule has 1 atom stereocenters. The van der Waals surface area contributed by atoms with E-state index in [0.29, 0.717) is 4.90 Å². The van der Waals surface area contributed by atoms with Crippen molar-refractivity contribution in [3.63, 3.8) is 0 Å². The van der Waals surface area contributed by atoms with Gasteiger partial charge in [0.15, 0.2) is 0 Å². The van der Waals surface area contributed by atoms with Gasteiger partial charge in [0.2, 0.25) is 10.0 Å². The number of ether oxygens (including phenoxy) is 1. The minimum absolute atomic E-state index is 0.0953. The van der Waals surface area contributed by atoms with Crippen LogP contribution in [-0.4, -0.2) is 69.5 Å². The average Bonchev–Trinajstić information content (AvgIpc) is 2.78. The zero-order chi connectivity index (χ0) is 24.1. The van der Waals surface area contributed by atoms with Crippen LogP contribution in [0.25, 0.3) is 0 Å². The zero-order valence-electron chi connectivity index (χ0n) is 18.4. The SMILES string of the molecule is O=C(O)C(F)(F)F.O=S(=O)(NC1CCC12CCN(CC1CCOCC1)CC2)c1ccccc1. The summed E-state index contributed by atoms with van der Waals surface area (Å²) in [6, 6.07) is 8.84. The smallest absolute Gasteiger partial charge is 0.475 e. The lowest BCUT2D eigenvalue weighted by Crippen LogP contribution is -2.59. The van der Waals surface area contributed by atoms with Crippen molar-refractivity contribution in [1.82, 2.24) is 9.62 Å². The van der Waals surface area contributed by atoms with Crippen LogP contribution in [0.3, 0.4) is 0 Å². The molecule has 0 bridgehead atoms. The molecule has 2 aliphatic heterocycles. The monoisotopic (exact) mass is 492 g/mol. The predicted octanol–water partition coefficient (Wildman–Crippen LogP) is 3.27. The molecule has 2 saturated heterocycles. The molecule has 3 fully saturated rings. The van der Waals surface area contributed by atoms with E-state index in [1.54, 1.807) is 24.3 Å². The second-order valence-electron chi connectivity index (χ2n) is 9.05. The number of carboxylic acid groups (broad SMARTS) is 1. The number of piperidine rings is 1. The van der Waals surface area contributed by atoms with Gasteiger partial charge in [-0.05, 0) is 75.1 Å². The van der Waals surface area contributed by atoms with Crippen LogP contribution in [0.5, 0.6) is 0 Å². The first-order valence-electron chi connectivity index (χ1n) is 11.2. The Labute approximate surface area is 192 Å². The third-order valence-electron chi connectivity index (χ3n) is 6.97. The second-order valence-corrected chi connectivity index (χ2v) is 10.8. The van der Waals surface area contributed by atoms with Gasteiger partial charge in [-0.25, -0.2) is 17.9 Å². The van der Waals surface area contributed by atoms with Crippen molar-refractivity contribution in [3.8, 4) is 0 Å². The number of carboxylic acids is 1. The summed E-state index contributed by atoms with van der Waals surface area (Å²) < 4.78 is 65.5. The van der Waals surface area contributed by atoms with Gasteiger partial charge in [-0.3, -0.25) is 0 Å². The predicted molar refractivity (Wildman–Crippen MR) is 115 cm³/mol. The summed E-state index contributed by atoms with van der Waals surface area (Å²) in [6.45, 7) is 5.19. The molecule has 7 nitrogen and oxygen atoms in total. The van der Waals surface area contributed by atoms with E-state index >= 15 is 0 Å². The third-order valence-corrected chi connectivity index (χ3v) is 8.46. The average molecular weight is 493 g/mol. The van der Waals surface area contributed by atoms with Gasteiger partial charge < -0.3 is 14.7 Å². The number of hydrogen-bond donors (Lipinski definition) is 2. The molecule has 0 amide bonds. The van der Waals surface area contributed by atoms with E-state index in [4.69, 9.17) is 14.6 Å². The quantitative estimate of drug-likeness (QED) is 0.655. The zero-order valence-corrected chi connectivity index (χ0v) is 19.2. The maximum absolute atomic E-state index is 12.7. The molecule has 1 aromatic carbocycles. The van der Waals surface area contributed by atoms with Crippen LogP contribution < -0.4 is 4.72 Å². The molecular formula is C22H31F3N2O5S. The van der Waals surface area contributed by atoms with Crippen LogP contribution >= 0.6 is 0 Å². The highest BCUT2D eigenvalue weighted by atomic mass is 32.2. The van der Waals surface area contributed by atoms with Crippen LogP contribution in [0.15, 0.2) is 35.2 Å². The number of benzene rings is 1. The number of aliphatic carboxylic acids is 1. The molecule has 11 heteroatoms. The highest BCUT2D eigenvalue weighted by molar-refractivity contribution is 7.89. The van der Waals surface area contributed by atoms with Crippen molar-refractivity contribution in [1.29, 1.82) is 0 Å². The number of halogens is 3. The fourth-order valence-electron chi connectivity index (χ4n) is 4.81. The highest BCUT2D eigenvalue weighted by Gasteiger charge is 2.49. The lowest BCUT2D eigenvalue weighted by Gasteiger charge is -2.54. The van der Waals surface area contributed by atoms with Gasteiger partial charge in [0.25, 0.3) is 0 Å². The molecule has 1 spiro atoms. The Balaban J connectivity index is 0.000000383. The number of alkyl halides is 3. The number of hydrogen-bond acceptors (Lipinski definition) is 5. The number of nitrogens with one attached hydrogen (secondary N) is 1. The number of rotatable bonds is 5. The van der Waals surface area contributed by atoms with Crippen molar-refractivity contribution in [2.75, 3.05) is 32.8 Å². The van der Waals surface area contributed by atoms with Crippen LogP contribution in [0.2, 0.25) is 0 Å². The van der Waals surface area contributed by atoms with Crippen LogP contribution in [0.1, 0.15) is 38.5 Å². The van der Waals surface area contributed by atoms with E-state index < -0.39 is 22.2 Å². The number of likely N-dealkylation sites (tertiary alicyclic amines) is 1. The van der Waals surface area contributed by atoms with Crippen molar-refractivity contribution < 1.29 is 36.2 Å². The largest absolute Gasteiger partial charge is 0.490 e. The Morgan fingerprint density at radius 3 is 2.15 bits per heavy atom. The second kappa shape index (κ2) is 10.7. The molecule has 0 aromatic heterocycles. The summed E-state index contributed by atoms with van der Waals surface area (Å²) in [6.07, 6.45) is 1.62. The van der Waals surface area contributed by atoms with Gasteiger partial charge >= 0.3 is 12.1 Å². The van der Waals surface area contributed by atoms with Gasteiger partial charge in [-0.15, -0.1) is 0 Å². The normalized spacial score (nSPS) is 23.9. The van der Waals surface area contributed by atoms with E-state index in [2.05, 4.69) is 9.62 Å². The van der Waals surface area contributed by atoms with Gasteiger partial charge in [-0.2, -0.15) is 13.2 Å². The van der Waals surface area contributed by atoms with E-state index in [9.17, 15) is 21.6 Å². The first-order valence-corrected chi connectivity index (χ1v) is 12.7. The van der Waals surface area contributed by atoms with Crippen molar-refractivity contribution in [2.24, 2.45) is 11.3 Å². The van der Waals surface area contributed by atoms with Crippen LogP contribution in [-0.2, 0) is 19.6 Å². The molecule has 4 rings (SSSR count). The summed E-state index contributed by atoms with van der Waals surface area (Å²) in [7, 11) is -3.41. The fourth-order valence-corrected chi connectivity index (χ4v) is 6.20. The highest BCUT2D eigenvalue weighted by Crippen LogP contribution is 2.49. The topological polar surface area (TPSA) is 95.9 Å². The van der Waals surface area contributed by atoms with Gasteiger partial charge in [0.1, 0.15) is 0 Å². The molecule has 2 N–H and O–H groups in total. The maximum atomic E-state index is 12.7. The molecule has 33 heavy (non-hydrogen) atoms. The Morgan fingerprint density at radius 2 is 1.67 bits per heavy atom. The molecule has 3 aliphatic rings. The molecule has 2 heterocycles. The summed E-state index contributed by atoms with van der Waals surface area (Å²) in [5.74, 6) is -1.99. The molecule has 1 unspecified atom stereocenters. The maximum Gasteiger partial charge on any atom is 0.490 e. The Hall–Kier alpha value is -1.69. The minimum Gasteiger partial charge on any atom is -0.475 e. The van der Waals surface area contributed by atoms with Crippen molar-refractivity contribution in [2.45, 2.75) is 55.6 Å². The lowest BCUT2D eigenvalue weighted by atomic mass is 9.59. The molecule has 186 valence electrons.